The Bertz CT molecular complexity index is 432. The molecule has 0 unspecified atom stereocenters. The van der Waals surface area contributed by atoms with E-state index in [2.05, 4.69) is 0 Å². The zero-order valence-corrected chi connectivity index (χ0v) is 11.6. The van der Waals surface area contributed by atoms with Gasteiger partial charge in [0.2, 0.25) is 5.91 Å². The van der Waals surface area contributed by atoms with E-state index in [1.807, 2.05) is 27.7 Å². The zero-order chi connectivity index (χ0) is 14.1. The van der Waals surface area contributed by atoms with E-state index in [-0.39, 0.29) is 11.7 Å². The van der Waals surface area contributed by atoms with E-state index >= 15 is 0 Å². The molecule has 0 saturated heterocycles. The fraction of sp³-hybridized carbons (Fsp3) is 0.500. The summed E-state index contributed by atoms with van der Waals surface area (Å²) in [5.41, 5.74) is 5.35. The molecule has 4 heteroatoms. The summed E-state index contributed by atoms with van der Waals surface area (Å²) in [5, 5.41) is 0. The Morgan fingerprint density at radius 1 is 1.17 bits per heavy atom. The molecule has 1 amide bonds. The molecule has 0 aliphatic rings. The summed E-state index contributed by atoms with van der Waals surface area (Å²) in [4.78, 5) is 14.0. The topological polar surface area (TPSA) is 46.3 Å². The Kier molecular flexibility index (Phi) is 3.81. The van der Waals surface area contributed by atoms with Gasteiger partial charge in [0, 0.05) is 18.3 Å². The molecule has 3 nitrogen and oxygen atoms in total. The van der Waals surface area contributed by atoms with Crippen LogP contribution in [0.1, 0.15) is 27.7 Å². The SMILES string of the molecule is CN(C(=O)C(C)(C)C(C)(C)N)c1ccc(F)cc1. The van der Waals surface area contributed by atoms with E-state index in [0.29, 0.717) is 5.69 Å². The lowest BCUT2D eigenvalue weighted by atomic mass is 9.74. The van der Waals surface area contributed by atoms with E-state index in [0.717, 1.165) is 0 Å². The first kappa shape index (κ1) is 14.6. The van der Waals surface area contributed by atoms with Crippen molar-refractivity contribution >= 4 is 11.6 Å². The fourth-order valence-electron chi connectivity index (χ4n) is 1.48. The van der Waals surface area contributed by atoms with Crippen LogP contribution in [0.25, 0.3) is 0 Å². The van der Waals surface area contributed by atoms with Crippen molar-refractivity contribution in [3.8, 4) is 0 Å². The number of nitrogens with zero attached hydrogens (tertiary/aromatic N) is 1. The van der Waals surface area contributed by atoms with Crippen molar-refractivity contribution in [1.29, 1.82) is 0 Å². The molecule has 1 aromatic rings. The number of hydrogen-bond donors (Lipinski definition) is 1. The summed E-state index contributed by atoms with van der Waals surface area (Å²) in [7, 11) is 1.67. The second-order valence-corrected chi connectivity index (χ2v) is 5.69. The molecule has 0 radical (unpaired) electrons. The van der Waals surface area contributed by atoms with Crippen LogP contribution in [0, 0.1) is 11.2 Å². The van der Waals surface area contributed by atoms with Gasteiger partial charge in [0.15, 0.2) is 0 Å². The lowest BCUT2D eigenvalue weighted by molar-refractivity contribution is -0.129. The van der Waals surface area contributed by atoms with Crippen molar-refractivity contribution in [2.24, 2.45) is 11.1 Å². The zero-order valence-electron chi connectivity index (χ0n) is 11.6. The van der Waals surface area contributed by atoms with Gasteiger partial charge in [-0.1, -0.05) is 0 Å². The molecule has 0 aromatic heterocycles. The van der Waals surface area contributed by atoms with Crippen LogP contribution >= 0.6 is 0 Å². The van der Waals surface area contributed by atoms with Gasteiger partial charge in [-0.25, -0.2) is 4.39 Å². The van der Waals surface area contributed by atoms with Crippen molar-refractivity contribution in [2.45, 2.75) is 33.2 Å². The number of anilines is 1. The van der Waals surface area contributed by atoms with Crippen LogP contribution in [0.2, 0.25) is 0 Å². The molecule has 100 valence electrons. The first-order chi connectivity index (χ1) is 8.07. The molecule has 18 heavy (non-hydrogen) atoms. The first-order valence-electron chi connectivity index (χ1n) is 5.90. The molecule has 0 heterocycles. The van der Waals surface area contributed by atoms with Gasteiger partial charge in [-0.15, -0.1) is 0 Å². The van der Waals surface area contributed by atoms with Crippen molar-refractivity contribution in [3.63, 3.8) is 0 Å². The standard InChI is InChI=1S/C14H21FN2O/c1-13(2,14(3,4)16)12(18)17(5)11-8-6-10(15)7-9-11/h6-9H,16H2,1-5H3. The van der Waals surface area contributed by atoms with Crippen LogP contribution in [0.5, 0.6) is 0 Å². The van der Waals surface area contributed by atoms with Crippen molar-refractivity contribution in [1.82, 2.24) is 0 Å². The third-order valence-electron chi connectivity index (χ3n) is 3.66. The average molecular weight is 252 g/mol. The highest BCUT2D eigenvalue weighted by atomic mass is 19.1. The molecule has 0 atom stereocenters. The minimum atomic E-state index is -0.712. The molecule has 0 saturated carbocycles. The summed E-state index contributed by atoms with van der Waals surface area (Å²) in [5.74, 6) is -0.417. The minimum Gasteiger partial charge on any atom is -0.325 e. The summed E-state index contributed by atoms with van der Waals surface area (Å²) >= 11 is 0. The average Bonchev–Trinajstić information content (AvgIpc) is 2.26. The first-order valence-corrected chi connectivity index (χ1v) is 5.90. The third-order valence-corrected chi connectivity index (χ3v) is 3.66. The number of carbonyl (C=O) groups excluding carboxylic acids is 1. The van der Waals surface area contributed by atoms with Crippen LogP contribution in [-0.2, 0) is 4.79 Å². The van der Waals surface area contributed by atoms with Crippen LogP contribution in [0.4, 0.5) is 10.1 Å². The summed E-state index contributed by atoms with van der Waals surface area (Å²) in [6.07, 6.45) is 0. The number of benzene rings is 1. The normalized spacial score (nSPS) is 12.4. The highest BCUT2D eigenvalue weighted by Gasteiger charge is 2.42. The molecule has 0 bridgehead atoms. The summed E-state index contributed by atoms with van der Waals surface area (Å²) in [6, 6.07) is 5.82. The second-order valence-electron chi connectivity index (χ2n) is 5.69. The van der Waals surface area contributed by atoms with Crippen LogP contribution in [0.15, 0.2) is 24.3 Å². The maximum absolute atomic E-state index is 12.9. The molecular formula is C14H21FN2O. The van der Waals surface area contributed by atoms with E-state index in [1.54, 1.807) is 19.2 Å². The number of carbonyl (C=O) groups is 1. The lowest BCUT2D eigenvalue weighted by Crippen LogP contribution is -2.56. The van der Waals surface area contributed by atoms with Crippen molar-refractivity contribution in [3.05, 3.63) is 30.1 Å². The van der Waals surface area contributed by atoms with Gasteiger partial charge in [0.05, 0.1) is 5.41 Å². The van der Waals surface area contributed by atoms with E-state index in [9.17, 15) is 9.18 Å². The number of rotatable bonds is 3. The predicted molar refractivity (Wildman–Crippen MR) is 71.9 cm³/mol. The van der Waals surface area contributed by atoms with Gasteiger partial charge in [0.1, 0.15) is 5.82 Å². The maximum Gasteiger partial charge on any atom is 0.234 e. The molecule has 0 aliphatic carbocycles. The van der Waals surface area contributed by atoms with Gasteiger partial charge in [-0.3, -0.25) is 4.79 Å². The Morgan fingerprint density at radius 2 is 1.61 bits per heavy atom. The molecule has 1 aromatic carbocycles. The Balaban J connectivity index is 3.01. The second kappa shape index (κ2) is 4.69. The monoisotopic (exact) mass is 252 g/mol. The highest BCUT2D eigenvalue weighted by molar-refractivity contribution is 5.97. The van der Waals surface area contributed by atoms with Gasteiger partial charge >= 0.3 is 0 Å². The molecule has 0 fully saturated rings. The van der Waals surface area contributed by atoms with E-state index in [4.69, 9.17) is 5.73 Å². The third kappa shape index (κ3) is 2.70. The number of halogens is 1. The number of hydrogen-bond acceptors (Lipinski definition) is 2. The van der Waals surface area contributed by atoms with Gasteiger partial charge in [-0.2, -0.15) is 0 Å². The Morgan fingerprint density at radius 3 is 2.00 bits per heavy atom. The maximum atomic E-state index is 12.9. The fourth-order valence-corrected chi connectivity index (χ4v) is 1.48. The molecular weight excluding hydrogens is 231 g/mol. The van der Waals surface area contributed by atoms with Gasteiger partial charge < -0.3 is 10.6 Å². The quantitative estimate of drug-likeness (QED) is 0.898. The van der Waals surface area contributed by atoms with Crippen LogP contribution < -0.4 is 10.6 Å². The largest absolute Gasteiger partial charge is 0.325 e. The highest BCUT2D eigenvalue weighted by Crippen LogP contribution is 2.31. The summed E-state index contributed by atoms with van der Waals surface area (Å²) in [6.45, 7) is 7.28. The smallest absolute Gasteiger partial charge is 0.234 e. The lowest BCUT2D eigenvalue weighted by Gasteiger charge is -2.39. The van der Waals surface area contributed by atoms with Crippen LogP contribution in [0.3, 0.4) is 0 Å². The Labute approximate surface area is 108 Å². The minimum absolute atomic E-state index is 0.0957. The Hall–Kier alpha value is -1.42. The van der Waals surface area contributed by atoms with Gasteiger partial charge in [0.25, 0.3) is 0 Å². The number of nitrogens with two attached hydrogens (primary N) is 1. The predicted octanol–water partition coefficient (Wildman–Crippen LogP) is 2.55. The molecule has 0 spiro atoms. The van der Waals surface area contributed by atoms with Crippen LogP contribution in [-0.4, -0.2) is 18.5 Å². The van der Waals surface area contributed by atoms with E-state index < -0.39 is 11.0 Å². The van der Waals surface area contributed by atoms with Crippen molar-refractivity contribution in [2.75, 3.05) is 11.9 Å². The molecule has 0 aliphatic heterocycles. The molecule has 1 rings (SSSR count). The van der Waals surface area contributed by atoms with E-state index in [1.165, 1.54) is 17.0 Å². The van der Waals surface area contributed by atoms with Crippen molar-refractivity contribution < 1.29 is 9.18 Å². The molecule has 2 N–H and O–H groups in total. The summed E-state index contributed by atoms with van der Waals surface area (Å²) < 4.78 is 12.9. The van der Waals surface area contributed by atoms with Gasteiger partial charge in [-0.05, 0) is 52.0 Å². The number of amides is 1.